The first-order valence-electron chi connectivity index (χ1n) is 10.4. The monoisotopic (exact) mass is 396 g/mol. The third kappa shape index (κ3) is 3.95. The molecule has 0 amide bonds. The summed E-state index contributed by atoms with van der Waals surface area (Å²) in [4.78, 5) is 18.3. The zero-order valence-electron chi connectivity index (χ0n) is 17.3. The van der Waals surface area contributed by atoms with Crippen LogP contribution in [0.5, 0.6) is 0 Å². The molecule has 1 aromatic carbocycles. The molecule has 1 fully saturated rings. The number of hydrogen-bond acceptors (Lipinski definition) is 6. The molecule has 0 spiro atoms. The molecular formula is C21H28N6O2. The van der Waals surface area contributed by atoms with E-state index in [1.807, 2.05) is 25.1 Å². The molecule has 0 aliphatic carbocycles. The molecule has 8 nitrogen and oxygen atoms in total. The highest BCUT2D eigenvalue weighted by Crippen LogP contribution is 2.27. The maximum Gasteiger partial charge on any atom is 0.253 e. The lowest BCUT2D eigenvalue weighted by atomic mass is 10.0. The Morgan fingerprint density at radius 1 is 1.31 bits per heavy atom. The van der Waals surface area contributed by atoms with Gasteiger partial charge in [0.1, 0.15) is 6.04 Å². The van der Waals surface area contributed by atoms with Gasteiger partial charge in [-0.1, -0.05) is 25.5 Å². The third-order valence-electron chi connectivity index (χ3n) is 5.71. The highest BCUT2D eigenvalue weighted by Gasteiger charge is 2.30. The average Bonchev–Trinajstić information content (AvgIpc) is 3.39. The summed E-state index contributed by atoms with van der Waals surface area (Å²) in [5.74, 6) is 0.682. The highest BCUT2D eigenvalue weighted by molar-refractivity contribution is 5.79. The van der Waals surface area contributed by atoms with Gasteiger partial charge in [0, 0.05) is 17.7 Å². The molecule has 29 heavy (non-hydrogen) atoms. The number of benzene rings is 1. The van der Waals surface area contributed by atoms with Crippen LogP contribution in [0.4, 0.5) is 0 Å². The molecule has 154 valence electrons. The molecule has 0 saturated carbocycles. The molecule has 1 aliphatic rings. The van der Waals surface area contributed by atoms with Gasteiger partial charge in [-0.3, -0.25) is 9.69 Å². The number of tetrazole rings is 1. The van der Waals surface area contributed by atoms with Gasteiger partial charge in [-0.25, -0.2) is 4.68 Å². The predicted molar refractivity (Wildman–Crippen MR) is 111 cm³/mol. The van der Waals surface area contributed by atoms with E-state index < -0.39 is 0 Å². The van der Waals surface area contributed by atoms with Crippen LogP contribution < -0.4 is 5.56 Å². The number of hydrogen-bond donors (Lipinski definition) is 1. The van der Waals surface area contributed by atoms with E-state index in [0.29, 0.717) is 17.9 Å². The second-order valence-corrected chi connectivity index (χ2v) is 7.62. The molecule has 0 radical (unpaired) electrons. The summed E-state index contributed by atoms with van der Waals surface area (Å²) in [6.45, 7) is 9.16. The molecule has 0 unspecified atom stereocenters. The van der Waals surface area contributed by atoms with Crippen molar-refractivity contribution in [1.29, 1.82) is 0 Å². The molecule has 2 atom stereocenters. The van der Waals surface area contributed by atoms with E-state index >= 15 is 0 Å². The Hall–Kier alpha value is -2.58. The minimum absolute atomic E-state index is 0.107. The fraction of sp³-hybridized carbons (Fsp3) is 0.524. The van der Waals surface area contributed by atoms with E-state index in [9.17, 15) is 4.79 Å². The number of ether oxygens (including phenoxy) is 1. The normalized spacial score (nSPS) is 18.0. The highest BCUT2D eigenvalue weighted by atomic mass is 16.5. The van der Waals surface area contributed by atoms with Crippen LogP contribution >= 0.6 is 0 Å². The van der Waals surface area contributed by atoms with Gasteiger partial charge < -0.3 is 9.72 Å². The number of aromatic amines is 1. The lowest BCUT2D eigenvalue weighted by Gasteiger charge is -2.29. The number of nitrogens with zero attached hydrogens (tertiary/aromatic N) is 5. The van der Waals surface area contributed by atoms with Crippen molar-refractivity contribution in [2.75, 3.05) is 19.7 Å². The minimum atomic E-state index is -0.324. The molecule has 3 heterocycles. The van der Waals surface area contributed by atoms with Crippen LogP contribution in [0.15, 0.2) is 29.1 Å². The van der Waals surface area contributed by atoms with E-state index in [2.05, 4.69) is 45.3 Å². The molecular weight excluding hydrogens is 368 g/mol. The summed E-state index contributed by atoms with van der Waals surface area (Å²) in [5.41, 5.74) is 2.54. The number of H-pyrrole nitrogens is 1. The molecule has 1 aliphatic heterocycles. The van der Waals surface area contributed by atoms with Crippen LogP contribution in [0.25, 0.3) is 10.9 Å². The topological polar surface area (TPSA) is 88.9 Å². The van der Waals surface area contributed by atoms with Crippen LogP contribution in [0, 0.1) is 6.92 Å². The Morgan fingerprint density at radius 3 is 2.86 bits per heavy atom. The van der Waals surface area contributed by atoms with Crippen molar-refractivity contribution < 1.29 is 4.74 Å². The maximum atomic E-state index is 13.1. The minimum Gasteiger partial charge on any atom is -0.376 e. The molecule has 4 rings (SSSR count). The number of aromatic nitrogens is 5. The van der Waals surface area contributed by atoms with E-state index in [-0.39, 0.29) is 17.7 Å². The Kier molecular flexibility index (Phi) is 5.73. The molecule has 0 bridgehead atoms. The lowest BCUT2D eigenvalue weighted by molar-refractivity contribution is 0.0910. The van der Waals surface area contributed by atoms with Crippen LogP contribution in [0.1, 0.15) is 49.7 Å². The van der Waals surface area contributed by atoms with Crippen LogP contribution in [-0.4, -0.2) is 55.9 Å². The number of pyridine rings is 1. The zero-order valence-corrected chi connectivity index (χ0v) is 17.3. The van der Waals surface area contributed by atoms with Gasteiger partial charge in [0.25, 0.3) is 5.56 Å². The standard InChI is InChI=1S/C21H28N6O2/c1-4-26(5-2)19(20-23-24-25-27(20)13-16-7-6-10-29-16)17-12-15-11-14(3)8-9-18(15)22-21(17)28/h8-9,11-12,16,19H,4-7,10,13H2,1-3H3,(H,22,28)/t16-,19+/m0/s1. The van der Waals surface area contributed by atoms with Crippen molar-refractivity contribution in [3.05, 3.63) is 51.6 Å². The van der Waals surface area contributed by atoms with Crippen molar-refractivity contribution in [3.8, 4) is 0 Å². The largest absolute Gasteiger partial charge is 0.376 e. The van der Waals surface area contributed by atoms with Gasteiger partial charge in [0.05, 0.1) is 12.6 Å². The van der Waals surface area contributed by atoms with Gasteiger partial charge in [-0.2, -0.15) is 0 Å². The van der Waals surface area contributed by atoms with Crippen molar-refractivity contribution in [3.63, 3.8) is 0 Å². The zero-order chi connectivity index (χ0) is 20.4. The van der Waals surface area contributed by atoms with E-state index in [1.165, 1.54) is 0 Å². The van der Waals surface area contributed by atoms with Crippen molar-refractivity contribution in [2.24, 2.45) is 0 Å². The predicted octanol–water partition coefficient (Wildman–Crippen LogP) is 2.43. The smallest absolute Gasteiger partial charge is 0.253 e. The summed E-state index contributed by atoms with van der Waals surface area (Å²) >= 11 is 0. The summed E-state index contributed by atoms with van der Waals surface area (Å²) < 4.78 is 7.58. The molecule has 1 N–H and O–H groups in total. The van der Waals surface area contributed by atoms with Crippen molar-refractivity contribution in [2.45, 2.75) is 52.3 Å². The van der Waals surface area contributed by atoms with Gasteiger partial charge >= 0.3 is 0 Å². The van der Waals surface area contributed by atoms with Gasteiger partial charge in [-0.15, -0.1) is 5.10 Å². The van der Waals surface area contributed by atoms with Crippen molar-refractivity contribution in [1.82, 2.24) is 30.1 Å². The first-order chi connectivity index (χ1) is 14.1. The second kappa shape index (κ2) is 8.42. The number of fused-ring (bicyclic) bond motifs is 1. The fourth-order valence-corrected chi connectivity index (χ4v) is 4.15. The average molecular weight is 396 g/mol. The fourth-order valence-electron chi connectivity index (χ4n) is 4.15. The Balaban J connectivity index is 1.81. The second-order valence-electron chi connectivity index (χ2n) is 7.62. The number of nitrogens with one attached hydrogen (secondary N) is 1. The number of aryl methyl sites for hydroxylation is 1. The van der Waals surface area contributed by atoms with Crippen LogP contribution in [0.2, 0.25) is 0 Å². The summed E-state index contributed by atoms with van der Waals surface area (Å²) in [7, 11) is 0. The molecule has 8 heteroatoms. The summed E-state index contributed by atoms with van der Waals surface area (Å²) in [6, 6.07) is 7.69. The summed E-state index contributed by atoms with van der Waals surface area (Å²) in [6.07, 6.45) is 2.18. The van der Waals surface area contributed by atoms with Crippen LogP contribution in [-0.2, 0) is 11.3 Å². The van der Waals surface area contributed by atoms with E-state index in [1.54, 1.807) is 4.68 Å². The number of rotatable bonds is 7. The quantitative estimate of drug-likeness (QED) is 0.660. The Labute approximate surface area is 169 Å². The van der Waals surface area contributed by atoms with E-state index in [4.69, 9.17) is 4.74 Å². The van der Waals surface area contributed by atoms with Gasteiger partial charge in [0.2, 0.25) is 0 Å². The van der Waals surface area contributed by atoms with Crippen LogP contribution in [0.3, 0.4) is 0 Å². The molecule has 3 aromatic rings. The maximum absolute atomic E-state index is 13.1. The Bertz CT molecular complexity index is 1030. The lowest BCUT2D eigenvalue weighted by Crippen LogP contribution is -2.35. The first-order valence-corrected chi connectivity index (χ1v) is 10.4. The Morgan fingerprint density at radius 2 is 2.14 bits per heavy atom. The van der Waals surface area contributed by atoms with E-state index in [0.717, 1.165) is 49.0 Å². The molecule has 2 aromatic heterocycles. The molecule has 1 saturated heterocycles. The van der Waals surface area contributed by atoms with Crippen molar-refractivity contribution >= 4 is 10.9 Å². The summed E-state index contributed by atoms with van der Waals surface area (Å²) in [5, 5.41) is 13.5. The SMILES string of the molecule is CCN(CC)[C@H](c1cc2cc(C)ccc2[nH]c1=O)c1nnnn1C[C@@H]1CCCO1. The third-order valence-corrected chi connectivity index (χ3v) is 5.71. The van der Waals surface area contributed by atoms with Gasteiger partial charge in [-0.05, 0) is 66.9 Å². The first kappa shape index (κ1) is 19.7. The van der Waals surface area contributed by atoms with Gasteiger partial charge in [0.15, 0.2) is 5.82 Å².